The van der Waals surface area contributed by atoms with Crippen LogP contribution >= 0.6 is 12.4 Å². The Kier molecular flexibility index (Phi) is 11.8. The van der Waals surface area contributed by atoms with Crippen LogP contribution in [0.5, 0.6) is 0 Å². The normalized spacial score (nSPS) is 19.1. The van der Waals surface area contributed by atoms with Crippen molar-refractivity contribution in [1.29, 1.82) is 0 Å². The molecule has 1 saturated heterocycles. The fourth-order valence-corrected chi connectivity index (χ4v) is 3.47. The molecule has 0 unspecified atom stereocenters. The molecule has 1 amide bonds. The van der Waals surface area contributed by atoms with E-state index in [0.29, 0.717) is 17.9 Å². The molecule has 0 aromatic heterocycles. The van der Waals surface area contributed by atoms with Crippen molar-refractivity contribution in [3.63, 3.8) is 0 Å². The summed E-state index contributed by atoms with van der Waals surface area (Å²) in [5.41, 5.74) is 1.87. The second kappa shape index (κ2) is 13.7. The van der Waals surface area contributed by atoms with Crippen LogP contribution in [0.15, 0.2) is 29.4 Å². The number of carboxylic acids is 1. The molecule has 1 aliphatic heterocycles. The molecular weight excluding hydrogens is 454 g/mol. The van der Waals surface area contributed by atoms with Crippen LogP contribution in [0.1, 0.15) is 56.2 Å². The number of Topliss-reactive ketones (excluding diaryl/α,β-unsaturated/α-hetero) is 1. The first kappa shape index (κ1) is 28.3. The summed E-state index contributed by atoms with van der Waals surface area (Å²) in [6.45, 7) is 2.05. The maximum absolute atomic E-state index is 12.5. The first-order valence-electron chi connectivity index (χ1n) is 10.4. The molecular formula is C21H32ClN5O6. The first-order chi connectivity index (χ1) is 15.3. The minimum absolute atomic E-state index is 0. The molecule has 33 heavy (non-hydrogen) atoms. The zero-order valence-electron chi connectivity index (χ0n) is 18.8. The van der Waals surface area contributed by atoms with Gasteiger partial charge >= 0.3 is 12.1 Å². The summed E-state index contributed by atoms with van der Waals surface area (Å²) in [5, 5.41) is 15.1. The Labute approximate surface area is 199 Å². The zero-order chi connectivity index (χ0) is 23.7. The number of halogens is 1. The number of amides is 1. The molecule has 1 aliphatic rings. The van der Waals surface area contributed by atoms with Gasteiger partial charge in [-0.15, -0.1) is 12.4 Å². The van der Waals surface area contributed by atoms with E-state index in [4.69, 9.17) is 21.3 Å². The lowest BCUT2D eigenvalue weighted by molar-refractivity contribution is -0.153. The molecule has 0 aliphatic carbocycles. The molecule has 2 rings (SSSR count). The van der Waals surface area contributed by atoms with Crippen molar-refractivity contribution in [1.82, 2.24) is 10.1 Å². The lowest BCUT2D eigenvalue weighted by Crippen LogP contribution is -2.51. The number of carbonyl (C=O) groups is 3. The van der Waals surface area contributed by atoms with Gasteiger partial charge in [-0.25, -0.2) is 20.4 Å². The van der Waals surface area contributed by atoms with Crippen molar-refractivity contribution in [3.05, 3.63) is 35.4 Å². The number of hydrogen-bond acceptors (Lipinski definition) is 9. The summed E-state index contributed by atoms with van der Waals surface area (Å²) in [6, 6.07) is 6.05. The first-order valence-corrected chi connectivity index (χ1v) is 10.4. The summed E-state index contributed by atoms with van der Waals surface area (Å²) in [7, 11) is 1.78. The summed E-state index contributed by atoms with van der Waals surface area (Å²) in [4.78, 5) is 41.8. The topological polar surface area (TPSA) is 161 Å². The number of hydrazine groups is 1. The van der Waals surface area contributed by atoms with Gasteiger partial charge in [0, 0.05) is 19.9 Å². The number of unbranched alkanes of at least 4 members (excludes halogenated alkanes) is 1. The second-order valence-corrected chi connectivity index (χ2v) is 7.65. The summed E-state index contributed by atoms with van der Waals surface area (Å²) in [5.74, 6) is 9.03. The molecule has 1 heterocycles. The summed E-state index contributed by atoms with van der Waals surface area (Å²) < 4.78 is 4.93. The predicted octanol–water partition coefficient (Wildman–Crippen LogP) is 1.99. The Morgan fingerprint density at radius 2 is 2.03 bits per heavy atom. The Morgan fingerprint density at radius 1 is 1.36 bits per heavy atom. The SMILES string of the molecule is CCCCOC(=O)N(N)[C@@H](CC(=O)C[C@@H]1C[C@H](c2ccc(C=NN)cc2)N(C)O1)C(=O)O.Cl. The smallest absolute Gasteiger partial charge is 0.424 e. The van der Waals surface area contributed by atoms with Gasteiger partial charge in [-0.2, -0.15) is 10.2 Å². The Bertz CT molecular complexity index is 822. The van der Waals surface area contributed by atoms with Crippen LogP contribution in [0, 0.1) is 0 Å². The zero-order valence-corrected chi connectivity index (χ0v) is 19.6. The predicted molar refractivity (Wildman–Crippen MR) is 123 cm³/mol. The molecule has 1 fully saturated rings. The van der Waals surface area contributed by atoms with Gasteiger partial charge in [-0.05, 0) is 24.0 Å². The standard InChI is InChI=1S/C21H31N5O6.ClH/c1-3-4-9-31-21(30)26(23)19(20(28)29)11-16(27)10-17-12-18(25(2)32-17)15-7-5-14(6-8-15)13-24-22;/h5-8,13,17-19H,3-4,9-12,22-23H2,1-2H3,(H,28,29);1H/t17-,18-,19+;/m1./s1. The van der Waals surface area contributed by atoms with Gasteiger partial charge in [0.05, 0.1) is 25.0 Å². The molecule has 11 nitrogen and oxygen atoms in total. The number of hydrazone groups is 1. The van der Waals surface area contributed by atoms with Gasteiger partial charge in [0.1, 0.15) is 5.78 Å². The second-order valence-electron chi connectivity index (χ2n) is 7.65. The van der Waals surface area contributed by atoms with Crippen molar-refractivity contribution in [3.8, 4) is 0 Å². The molecule has 0 saturated carbocycles. The quantitative estimate of drug-likeness (QED) is 0.140. The molecule has 12 heteroatoms. The van der Waals surface area contributed by atoms with Crippen molar-refractivity contribution < 1.29 is 29.1 Å². The maximum Gasteiger partial charge on any atom is 0.424 e. The third-order valence-electron chi connectivity index (χ3n) is 5.22. The highest BCUT2D eigenvalue weighted by Gasteiger charge is 2.36. The van der Waals surface area contributed by atoms with Crippen LogP contribution in [-0.4, -0.2) is 65.0 Å². The highest BCUT2D eigenvalue weighted by Crippen LogP contribution is 2.34. The largest absolute Gasteiger partial charge is 0.480 e. The molecule has 1 aromatic carbocycles. The van der Waals surface area contributed by atoms with Gasteiger partial charge in [-0.3, -0.25) is 9.63 Å². The van der Waals surface area contributed by atoms with Gasteiger partial charge in [0.2, 0.25) is 0 Å². The molecule has 0 spiro atoms. The molecule has 5 N–H and O–H groups in total. The molecule has 3 atom stereocenters. The van der Waals surface area contributed by atoms with E-state index < -0.39 is 30.6 Å². The fourth-order valence-electron chi connectivity index (χ4n) is 3.47. The summed E-state index contributed by atoms with van der Waals surface area (Å²) in [6.07, 6.45) is 1.71. The van der Waals surface area contributed by atoms with E-state index in [1.807, 2.05) is 31.2 Å². The number of nitrogens with two attached hydrogens (primary N) is 2. The van der Waals surface area contributed by atoms with Crippen LogP contribution in [0.2, 0.25) is 0 Å². The van der Waals surface area contributed by atoms with E-state index >= 15 is 0 Å². The van der Waals surface area contributed by atoms with Crippen molar-refractivity contribution in [2.24, 2.45) is 16.8 Å². The minimum Gasteiger partial charge on any atom is -0.480 e. The van der Waals surface area contributed by atoms with E-state index in [9.17, 15) is 19.5 Å². The molecule has 0 bridgehead atoms. The molecule has 1 aromatic rings. The average molecular weight is 486 g/mol. The van der Waals surface area contributed by atoms with Gasteiger partial charge in [-0.1, -0.05) is 37.6 Å². The van der Waals surface area contributed by atoms with Crippen LogP contribution < -0.4 is 11.7 Å². The molecule has 184 valence electrons. The number of aliphatic carboxylic acids is 1. The monoisotopic (exact) mass is 485 g/mol. The van der Waals surface area contributed by atoms with E-state index in [1.54, 1.807) is 18.3 Å². The third-order valence-corrected chi connectivity index (χ3v) is 5.22. The summed E-state index contributed by atoms with van der Waals surface area (Å²) >= 11 is 0. The van der Waals surface area contributed by atoms with Crippen LogP contribution in [-0.2, 0) is 19.2 Å². The minimum atomic E-state index is -1.51. The van der Waals surface area contributed by atoms with Crippen LogP contribution in [0.4, 0.5) is 4.79 Å². The third kappa shape index (κ3) is 8.28. The van der Waals surface area contributed by atoms with E-state index in [2.05, 4.69) is 5.10 Å². The lowest BCUT2D eigenvalue weighted by Gasteiger charge is -2.23. The number of nitrogens with zero attached hydrogens (tertiary/aromatic N) is 3. The van der Waals surface area contributed by atoms with E-state index in [-0.39, 0.29) is 37.3 Å². The van der Waals surface area contributed by atoms with Crippen molar-refractivity contribution in [2.45, 2.75) is 57.2 Å². The van der Waals surface area contributed by atoms with Crippen molar-refractivity contribution >= 4 is 36.5 Å². The Balaban J connectivity index is 0.00000544. The van der Waals surface area contributed by atoms with Crippen LogP contribution in [0.25, 0.3) is 0 Å². The average Bonchev–Trinajstić information content (AvgIpc) is 3.12. The number of rotatable bonds is 11. The van der Waals surface area contributed by atoms with Gasteiger partial charge in [0.15, 0.2) is 6.04 Å². The maximum atomic E-state index is 12.5. The fraction of sp³-hybridized carbons (Fsp3) is 0.524. The number of hydrogen-bond donors (Lipinski definition) is 3. The van der Waals surface area contributed by atoms with E-state index in [1.165, 1.54) is 0 Å². The lowest BCUT2D eigenvalue weighted by atomic mass is 9.97. The number of carboxylic acid groups (broad SMARTS) is 1. The highest BCUT2D eigenvalue weighted by molar-refractivity contribution is 5.88. The Hall–Kier alpha value is -2.73. The number of carbonyl (C=O) groups excluding carboxylic acids is 2. The van der Waals surface area contributed by atoms with Crippen LogP contribution in [0.3, 0.4) is 0 Å². The van der Waals surface area contributed by atoms with E-state index in [0.717, 1.165) is 17.5 Å². The van der Waals surface area contributed by atoms with Crippen molar-refractivity contribution in [2.75, 3.05) is 13.7 Å². The number of hydroxylamine groups is 2. The number of benzene rings is 1. The number of ether oxygens (including phenoxy) is 1. The van der Waals surface area contributed by atoms with Gasteiger partial charge < -0.3 is 15.7 Å². The molecule has 0 radical (unpaired) electrons. The van der Waals surface area contributed by atoms with Gasteiger partial charge in [0.25, 0.3) is 0 Å². The number of ketones is 1. The highest BCUT2D eigenvalue weighted by atomic mass is 35.5. The Morgan fingerprint density at radius 3 is 2.61 bits per heavy atom.